The molecule has 3 heterocycles. The SMILES string of the molecule is Cc1c2c(cc3sccc13)Oc1cc([Si](C)(C)C)cc3cc[n+](C)c-2c13. The van der Waals surface area contributed by atoms with Crippen molar-refractivity contribution in [3.63, 3.8) is 0 Å². The van der Waals surface area contributed by atoms with Crippen LogP contribution < -0.4 is 14.5 Å². The van der Waals surface area contributed by atoms with Gasteiger partial charge in [-0.05, 0) is 46.8 Å². The van der Waals surface area contributed by atoms with Crippen LogP contribution >= 0.6 is 11.3 Å². The van der Waals surface area contributed by atoms with Gasteiger partial charge in [0, 0.05) is 10.8 Å². The number of fused-ring (bicyclic) bond motifs is 3. The zero-order chi connectivity index (χ0) is 18.2. The number of rotatable bonds is 1. The van der Waals surface area contributed by atoms with Gasteiger partial charge in [0.25, 0.3) is 0 Å². The normalized spacial score (nSPS) is 13.1. The molecule has 0 fully saturated rings. The van der Waals surface area contributed by atoms with Crippen LogP contribution in [0.2, 0.25) is 19.6 Å². The van der Waals surface area contributed by atoms with Gasteiger partial charge in [0.05, 0.1) is 19.0 Å². The van der Waals surface area contributed by atoms with Gasteiger partial charge in [-0.1, -0.05) is 30.9 Å². The third-order valence-corrected chi connectivity index (χ3v) is 8.39. The topological polar surface area (TPSA) is 13.1 Å². The molecule has 0 unspecified atom stereocenters. The quantitative estimate of drug-likeness (QED) is 0.278. The fourth-order valence-corrected chi connectivity index (χ4v) is 6.05. The van der Waals surface area contributed by atoms with Crippen molar-refractivity contribution >= 4 is 45.5 Å². The van der Waals surface area contributed by atoms with Gasteiger partial charge in [-0.15, -0.1) is 11.3 Å². The van der Waals surface area contributed by atoms with Crippen molar-refractivity contribution in [1.82, 2.24) is 0 Å². The Morgan fingerprint density at radius 1 is 1.04 bits per heavy atom. The van der Waals surface area contributed by atoms with Crippen molar-refractivity contribution in [2.75, 3.05) is 0 Å². The van der Waals surface area contributed by atoms with Gasteiger partial charge in [-0.2, -0.15) is 0 Å². The molecule has 0 saturated heterocycles. The summed E-state index contributed by atoms with van der Waals surface area (Å²) in [5.41, 5.74) is 3.81. The summed E-state index contributed by atoms with van der Waals surface area (Å²) >= 11 is 1.78. The molecule has 1 aliphatic heterocycles. The minimum absolute atomic E-state index is 0.987. The molecule has 1 aliphatic rings. The van der Waals surface area contributed by atoms with E-state index in [9.17, 15) is 0 Å². The minimum atomic E-state index is -1.43. The average molecular weight is 377 g/mol. The molecule has 5 rings (SSSR count). The minimum Gasteiger partial charge on any atom is -0.455 e. The van der Waals surface area contributed by atoms with Crippen LogP contribution in [0, 0.1) is 6.92 Å². The lowest BCUT2D eigenvalue weighted by atomic mass is 9.94. The predicted octanol–water partition coefficient (Wildman–Crippen LogP) is 5.51. The number of hydrogen-bond donors (Lipinski definition) is 0. The Labute approximate surface area is 158 Å². The van der Waals surface area contributed by atoms with Gasteiger partial charge in [0.1, 0.15) is 18.5 Å². The number of benzene rings is 2. The molecule has 2 aromatic heterocycles. The number of thiophene rings is 1. The second-order valence-corrected chi connectivity index (χ2v) is 14.3. The van der Waals surface area contributed by atoms with E-state index in [4.69, 9.17) is 4.74 Å². The number of nitrogens with zero attached hydrogens (tertiary/aromatic N) is 1. The number of pyridine rings is 1. The molecule has 2 aromatic carbocycles. The first-order chi connectivity index (χ1) is 12.3. The van der Waals surface area contributed by atoms with Gasteiger partial charge in [0.2, 0.25) is 5.69 Å². The monoisotopic (exact) mass is 376 g/mol. The van der Waals surface area contributed by atoms with E-state index in [1.165, 1.54) is 42.9 Å². The highest BCUT2D eigenvalue weighted by Crippen LogP contribution is 2.48. The zero-order valence-corrected chi connectivity index (χ0v) is 17.6. The summed E-state index contributed by atoms with van der Waals surface area (Å²) in [6.45, 7) is 9.39. The summed E-state index contributed by atoms with van der Waals surface area (Å²) in [5, 5.41) is 7.46. The number of aromatic nitrogens is 1. The van der Waals surface area contributed by atoms with E-state index in [0.29, 0.717) is 0 Å². The molecule has 0 aliphatic carbocycles. The van der Waals surface area contributed by atoms with Crippen LogP contribution in [-0.2, 0) is 7.05 Å². The van der Waals surface area contributed by atoms with Gasteiger partial charge >= 0.3 is 0 Å². The summed E-state index contributed by atoms with van der Waals surface area (Å²) in [5.74, 6) is 2.00. The maximum absolute atomic E-state index is 6.51. The molecule has 0 bridgehead atoms. The van der Waals surface area contributed by atoms with Gasteiger partial charge in [-0.25, -0.2) is 4.57 Å². The van der Waals surface area contributed by atoms with Crippen LogP contribution in [-0.4, -0.2) is 8.07 Å². The van der Waals surface area contributed by atoms with Crippen LogP contribution in [0.25, 0.3) is 32.1 Å². The van der Waals surface area contributed by atoms with E-state index in [2.05, 4.69) is 80.1 Å². The Bertz CT molecular complexity index is 1220. The number of hydrogen-bond acceptors (Lipinski definition) is 2. The van der Waals surface area contributed by atoms with Crippen molar-refractivity contribution in [1.29, 1.82) is 0 Å². The van der Waals surface area contributed by atoms with Crippen LogP contribution in [0.1, 0.15) is 5.56 Å². The molecular weight excluding hydrogens is 354 g/mol. The highest BCUT2D eigenvalue weighted by Gasteiger charge is 2.31. The first kappa shape index (κ1) is 16.0. The summed E-state index contributed by atoms with van der Waals surface area (Å²) in [6.07, 6.45) is 2.18. The molecule has 4 aromatic rings. The lowest BCUT2D eigenvalue weighted by Crippen LogP contribution is -2.38. The zero-order valence-electron chi connectivity index (χ0n) is 15.8. The third-order valence-electron chi connectivity index (χ3n) is 5.51. The van der Waals surface area contributed by atoms with E-state index in [-0.39, 0.29) is 0 Å². The molecule has 0 amide bonds. The van der Waals surface area contributed by atoms with Crippen molar-refractivity contribution in [3.8, 4) is 22.8 Å². The summed E-state index contributed by atoms with van der Waals surface area (Å²) in [7, 11) is 0.711. The van der Waals surface area contributed by atoms with Crippen molar-refractivity contribution in [3.05, 3.63) is 47.5 Å². The highest BCUT2D eigenvalue weighted by atomic mass is 32.1. The molecule has 0 N–H and O–H groups in total. The van der Waals surface area contributed by atoms with Crippen LogP contribution in [0.15, 0.2) is 41.9 Å². The van der Waals surface area contributed by atoms with E-state index >= 15 is 0 Å². The maximum Gasteiger partial charge on any atom is 0.228 e. The highest BCUT2D eigenvalue weighted by molar-refractivity contribution is 7.17. The van der Waals surface area contributed by atoms with Gasteiger partial charge in [0.15, 0.2) is 6.20 Å². The second kappa shape index (κ2) is 5.18. The second-order valence-electron chi connectivity index (χ2n) is 8.27. The van der Waals surface area contributed by atoms with E-state index < -0.39 is 8.07 Å². The standard InChI is InChI=1S/C22H22NOSSi/c1-13-16-7-9-25-19(16)12-18-20(13)22-21-14(6-8-23(22)2)10-15(26(3,4)5)11-17(21)24-18/h6-12H,1-5H3/q+1. The third kappa shape index (κ3) is 2.12. The summed E-state index contributed by atoms with van der Waals surface area (Å²) < 4.78 is 10.0. The Hall–Kier alpha value is -2.17. The Morgan fingerprint density at radius 3 is 2.62 bits per heavy atom. The molecule has 4 heteroatoms. The van der Waals surface area contributed by atoms with Gasteiger partial charge < -0.3 is 4.74 Å². The summed E-state index contributed by atoms with van der Waals surface area (Å²) in [4.78, 5) is 0. The Balaban J connectivity index is 1.94. The van der Waals surface area contributed by atoms with Crippen LogP contribution in [0.5, 0.6) is 11.5 Å². The molecule has 26 heavy (non-hydrogen) atoms. The van der Waals surface area contributed by atoms with Crippen molar-refractivity contribution < 1.29 is 9.30 Å². The number of ether oxygens (including phenoxy) is 1. The van der Waals surface area contributed by atoms with Crippen LogP contribution in [0.3, 0.4) is 0 Å². The van der Waals surface area contributed by atoms with Crippen molar-refractivity contribution in [2.24, 2.45) is 7.05 Å². The lowest BCUT2D eigenvalue weighted by molar-refractivity contribution is -0.659. The first-order valence-corrected chi connectivity index (χ1v) is 13.4. The van der Waals surface area contributed by atoms with E-state index in [0.717, 1.165) is 11.5 Å². The van der Waals surface area contributed by atoms with Crippen LogP contribution in [0.4, 0.5) is 0 Å². The fourth-order valence-electron chi connectivity index (χ4n) is 4.03. The smallest absolute Gasteiger partial charge is 0.228 e. The fraction of sp³-hybridized carbons (Fsp3) is 0.227. The molecule has 0 spiro atoms. The molecule has 130 valence electrons. The van der Waals surface area contributed by atoms with Crippen molar-refractivity contribution in [2.45, 2.75) is 26.6 Å². The molecule has 0 saturated carbocycles. The molecule has 0 radical (unpaired) electrons. The molecule has 0 atom stereocenters. The maximum atomic E-state index is 6.51. The average Bonchev–Trinajstić information content (AvgIpc) is 3.05. The van der Waals surface area contributed by atoms with E-state index in [1.54, 1.807) is 11.3 Å². The molecular formula is C22H22NOSSi+. The van der Waals surface area contributed by atoms with E-state index in [1.807, 2.05) is 0 Å². The largest absolute Gasteiger partial charge is 0.455 e. The Morgan fingerprint density at radius 2 is 1.85 bits per heavy atom. The first-order valence-electron chi connectivity index (χ1n) is 9.00. The van der Waals surface area contributed by atoms with Gasteiger partial charge in [-0.3, -0.25) is 0 Å². The summed E-state index contributed by atoms with van der Waals surface area (Å²) in [6, 6.07) is 11.3. The molecule has 2 nitrogen and oxygen atoms in total. The predicted molar refractivity (Wildman–Crippen MR) is 114 cm³/mol. The number of aryl methyl sites for hydroxylation is 2. The Kier molecular flexibility index (Phi) is 3.19. The lowest BCUT2D eigenvalue weighted by Gasteiger charge is -2.24.